The molecule has 6 nitrogen and oxygen atoms in total. The number of hydrogen-bond acceptors (Lipinski definition) is 6. The zero-order valence-electron chi connectivity index (χ0n) is 14.5. The number of thiophene rings is 1. The summed E-state index contributed by atoms with van der Waals surface area (Å²) < 4.78 is 0.825. The summed E-state index contributed by atoms with van der Waals surface area (Å²) >= 11 is 1.54. The number of anilines is 1. The number of nitrogens with one attached hydrogen (secondary N) is 2. The Kier molecular flexibility index (Phi) is 5.23. The highest BCUT2D eigenvalue weighted by Gasteiger charge is 2.18. The van der Waals surface area contributed by atoms with E-state index in [0.29, 0.717) is 18.2 Å². The Labute approximate surface area is 150 Å². The summed E-state index contributed by atoms with van der Waals surface area (Å²) in [7, 11) is 0. The van der Waals surface area contributed by atoms with Gasteiger partial charge in [0.05, 0.1) is 16.3 Å². The molecule has 0 fully saturated rings. The fourth-order valence-corrected chi connectivity index (χ4v) is 3.44. The Hall–Kier alpha value is -2.54. The van der Waals surface area contributed by atoms with E-state index >= 15 is 0 Å². The Morgan fingerprint density at radius 2 is 2.20 bits per heavy atom. The molecule has 3 aromatic rings. The van der Waals surface area contributed by atoms with E-state index < -0.39 is 0 Å². The highest BCUT2D eigenvalue weighted by Crippen LogP contribution is 2.28. The van der Waals surface area contributed by atoms with Gasteiger partial charge >= 0.3 is 0 Å². The van der Waals surface area contributed by atoms with Crippen LogP contribution in [0.2, 0.25) is 0 Å². The van der Waals surface area contributed by atoms with Crippen molar-refractivity contribution in [2.45, 2.75) is 33.2 Å². The molecule has 7 heteroatoms. The largest absolute Gasteiger partial charge is 0.351 e. The van der Waals surface area contributed by atoms with E-state index in [1.807, 2.05) is 39.0 Å². The second kappa shape index (κ2) is 7.57. The molecule has 1 amide bonds. The average molecular weight is 355 g/mol. The van der Waals surface area contributed by atoms with Gasteiger partial charge in [0.2, 0.25) is 5.95 Å². The number of carbonyl (C=O) groups excluding carboxylic acids is 1. The molecule has 0 saturated heterocycles. The quantitative estimate of drug-likeness (QED) is 0.705. The number of aryl methyl sites for hydroxylation is 1. The molecule has 0 aliphatic heterocycles. The summed E-state index contributed by atoms with van der Waals surface area (Å²) in [6.45, 7) is 6.67. The highest BCUT2D eigenvalue weighted by molar-refractivity contribution is 7.19. The summed E-state index contributed by atoms with van der Waals surface area (Å²) in [4.78, 5) is 26.8. The van der Waals surface area contributed by atoms with E-state index in [1.165, 1.54) is 0 Å². The molecule has 0 aliphatic carbocycles. The standard InChI is InChI=1S/C18H21N5OS/c1-4-7-20-17(24)15-16-14(9-11(2)25-16)22-18(23-15)21-12(3)13-6-5-8-19-10-13/h5-6,8-10,12H,4,7H2,1-3H3,(H,20,24)(H,21,22,23). The molecule has 0 aromatic carbocycles. The number of nitrogens with zero attached hydrogens (tertiary/aromatic N) is 3. The van der Waals surface area contributed by atoms with Crippen LogP contribution in [-0.2, 0) is 0 Å². The van der Waals surface area contributed by atoms with Crippen molar-refractivity contribution < 1.29 is 4.79 Å². The summed E-state index contributed by atoms with van der Waals surface area (Å²) in [5.74, 6) is 0.288. The second-order valence-electron chi connectivity index (χ2n) is 5.88. The van der Waals surface area contributed by atoms with Crippen LogP contribution in [0.1, 0.15) is 47.2 Å². The minimum atomic E-state index is -0.159. The van der Waals surface area contributed by atoms with Gasteiger partial charge in [-0.3, -0.25) is 9.78 Å². The molecule has 3 aromatic heterocycles. The molecule has 2 N–H and O–H groups in total. The van der Waals surface area contributed by atoms with Crippen LogP contribution in [0.3, 0.4) is 0 Å². The van der Waals surface area contributed by atoms with Crippen LogP contribution in [0.4, 0.5) is 5.95 Å². The molecule has 1 unspecified atom stereocenters. The van der Waals surface area contributed by atoms with Gasteiger partial charge in [-0.05, 0) is 38.0 Å². The molecule has 3 heterocycles. The maximum atomic E-state index is 12.5. The molecular formula is C18H21N5OS. The highest BCUT2D eigenvalue weighted by atomic mass is 32.1. The first kappa shape index (κ1) is 17.3. The van der Waals surface area contributed by atoms with E-state index in [4.69, 9.17) is 0 Å². The van der Waals surface area contributed by atoms with E-state index in [1.54, 1.807) is 23.7 Å². The zero-order valence-corrected chi connectivity index (χ0v) is 15.4. The van der Waals surface area contributed by atoms with Gasteiger partial charge in [-0.15, -0.1) is 11.3 Å². The predicted octanol–water partition coefficient (Wildman–Crippen LogP) is 3.71. The maximum Gasteiger partial charge on any atom is 0.271 e. The molecule has 1 atom stereocenters. The lowest BCUT2D eigenvalue weighted by atomic mass is 10.1. The Bertz CT molecular complexity index is 878. The fourth-order valence-electron chi connectivity index (χ4n) is 2.50. The number of amides is 1. The SMILES string of the molecule is CCCNC(=O)c1nc(NC(C)c2cccnc2)nc2cc(C)sc12. The number of hydrogen-bond donors (Lipinski definition) is 2. The first-order valence-corrected chi connectivity index (χ1v) is 9.13. The molecule has 25 heavy (non-hydrogen) atoms. The molecule has 0 radical (unpaired) electrons. The Morgan fingerprint density at radius 3 is 2.92 bits per heavy atom. The van der Waals surface area contributed by atoms with Crippen molar-refractivity contribution in [3.8, 4) is 0 Å². The number of aromatic nitrogens is 3. The van der Waals surface area contributed by atoms with Gasteiger partial charge in [-0.1, -0.05) is 13.0 Å². The third-order valence-corrected chi connectivity index (χ3v) is 4.82. The van der Waals surface area contributed by atoms with Gasteiger partial charge in [0.25, 0.3) is 5.91 Å². The molecule has 3 rings (SSSR count). The average Bonchev–Trinajstić information content (AvgIpc) is 2.99. The lowest BCUT2D eigenvalue weighted by Gasteiger charge is -2.14. The minimum absolute atomic E-state index is 0.0163. The number of pyridine rings is 1. The third kappa shape index (κ3) is 3.93. The van der Waals surface area contributed by atoms with E-state index in [9.17, 15) is 4.79 Å². The van der Waals surface area contributed by atoms with Crippen LogP contribution < -0.4 is 10.6 Å². The van der Waals surface area contributed by atoms with Gasteiger partial charge in [-0.2, -0.15) is 0 Å². The summed E-state index contributed by atoms with van der Waals surface area (Å²) in [6, 6.07) is 5.85. The molecule has 130 valence electrons. The van der Waals surface area contributed by atoms with Gasteiger partial charge in [-0.25, -0.2) is 9.97 Å². The second-order valence-corrected chi connectivity index (χ2v) is 7.13. The predicted molar refractivity (Wildman–Crippen MR) is 101 cm³/mol. The van der Waals surface area contributed by atoms with E-state index in [0.717, 1.165) is 27.1 Å². The lowest BCUT2D eigenvalue weighted by Crippen LogP contribution is -2.25. The van der Waals surface area contributed by atoms with Crippen molar-refractivity contribution in [1.29, 1.82) is 0 Å². The van der Waals surface area contributed by atoms with Crippen LogP contribution in [-0.4, -0.2) is 27.4 Å². The molecule has 0 aliphatic rings. The Balaban J connectivity index is 1.94. The molecule has 0 bridgehead atoms. The molecule has 0 spiro atoms. The third-order valence-electron chi connectivity index (χ3n) is 3.78. The summed E-state index contributed by atoms with van der Waals surface area (Å²) in [5.41, 5.74) is 2.25. The smallest absolute Gasteiger partial charge is 0.271 e. The van der Waals surface area contributed by atoms with E-state index in [2.05, 4.69) is 25.6 Å². The number of rotatable bonds is 6. The summed E-state index contributed by atoms with van der Waals surface area (Å²) in [6.07, 6.45) is 4.43. The summed E-state index contributed by atoms with van der Waals surface area (Å²) in [5, 5.41) is 6.18. The normalized spacial score (nSPS) is 12.1. The number of carbonyl (C=O) groups is 1. The minimum Gasteiger partial charge on any atom is -0.351 e. The van der Waals surface area contributed by atoms with Crippen LogP contribution >= 0.6 is 11.3 Å². The lowest BCUT2D eigenvalue weighted by molar-refractivity contribution is 0.0950. The molecular weight excluding hydrogens is 334 g/mol. The first-order chi connectivity index (χ1) is 12.1. The van der Waals surface area contributed by atoms with Gasteiger partial charge < -0.3 is 10.6 Å². The van der Waals surface area contributed by atoms with Crippen LogP contribution in [0.15, 0.2) is 30.6 Å². The van der Waals surface area contributed by atoms with Crippen molar-refractivity contribution in [2.75, 3.05) is 11.9 Å². The van der Waals surface area contributed by atoms with Crippen molar-refractivity contribution in [3.63, 3.8) is 0 Å². The molecule has 0 saturated carbocycles. The number of fused-ring (bicyclic) bond motifs is 1. The van der Waals surface area contributed by atoms with Crippen molar-refractivity contribution in [1.82, 2.24) is 20.3 Å². The van der Waals surface area contributed by atoms with Crippen LogP contribution in [0.5, 0.6) is 0 Å². The van der Waals surface area contributed by atoms with Crippen LogP contribution in [0, 0.1) is 6.92 Å². The monoisotopic (exact) mass is 355 g/mol. The van der Waals surface area contributed by atoms with Gasteiger partial charge in [0.15, 0.2) is 5.69 Å². The maximum absolute atomic E-state index is 12.5. The van der Waals surface area contributed by atoms with Crippen molar-refractivity contribution in [2.24, 2.45) is 0 Å². The fraction of sp³-hybridized carbons (Fsp3) is 0.333. The van der Waals surface area contributed by atoms with E-state index in [-0.39, 0.29) is 11.9 Å². The Morgan fingerprint density at radius 1 is 1.36 bits per heavy atom. The topological polar surface area (TPSA) is 79.8 Å². The van der Waals surface area contributed by atoms with Crippen molar-refractivity contribution >= 4 is 33.4 Å². The van der Waals surface area contributed by atoms with Gasteiger partial charge in [0.1, 0.15) is 0 Å². The van der Waals surface area contributed by atoms with Crippen molar-refractivity contribution in [3.05, 3.63) is 46.7 Å². The van der Waals surface area contributed by atoms with Crippen LogP contribution in [0.25, 0.3) is 10.2 Å². The first-order valence-electron chi connectivity index (χ1n) is 8.31. The van der Waals surface area contributed by atoms with Gasteiger partial charge in [0, 0.05) is 23.8 Å². The zero-order chi connectivity index (χ0) is 17.8.